The summed E-state index contributed by atoms with van der Waals surface area (Å²) >= 11 is 16.9. The molecule has 0 saturated carbocycles. The molecule has 0 bridgehead atoms. The average Bonchev–Trinajstić information content (AvgIpc) is 3.66. The number of aryl methyl sites for hydroxylation is 1. The Kier molecular flexibility index (Phi) is 12.9. The van der Waals surface area contributed by atoms with Crippen LogP contribution in [0.5, 0.6) is 0 Å². The minimum atomic E-state index is -1.45. The van der Waals surface area contributed by atoms with Gasteiger partial charge in [-0.1, -0.05) is 130 Å². The van der Waals surface area contributed by atoms with Gasteiger partial charge in [0, 0.05) is 31.9 Å². The number of nitrogens with one attached hydrogen (secondary N) is 1. The van der Waals surface area contributed by atoms with E-state index in [0.717, 1.165) is 15.6 Å². The summed E-state index contributed by atoms with van der Waals surface area (Å²) in [6, 6.07) is 49.4. The zero-order valence-electron chi connectivity index (χ0n) is 35.0. The number of benzene rings is 6. The number of carbonyl (C=O) groups excluding carboxylic acids is 3. The predicted molar refractivity (Wildman–Crippen MR) is 256 cm³/mol. The molecule has 0 spiro atoms. The summed E-state index contributed by atoms with van der Waals surface area (Å²) in [7, 11) is 0. The van der Waals surface area contributed by atoms with Crippen LogP contribution < -0.4 is 5.49 Å². The van der Waals surface area contributed by atoms with E-state index in [1.54, 1.807) is 106 Å². The number of esters is 3. The number of ether oxygens (including phenoxy) is 4. The van der Waals surface area contributed by atoms with Crippen LogP contribution in [0.25, 0.3) is 39.1 Å². The third kappa shape index (κ3) is 8.98. The molecule has 4 atom stereocenters. The van der Waals surface area contributed by atoms with Gasteiger partial charge in [0.05, 0.1) is 27.8 Å². The molecule has 1 aliphatic rings. The first kappa shape index (κ1) is 44.2. The number of halogens is 2. The molecule has 66 heavy (non-hydrogen) atoms. The highest BCUT2D eigenvalue weighted by Gasteiger charge is 2.52. The Morgan fingerprint density at radius 2 is 1.26 bits per heavy atom. The molecular weight excluding hydrogens is 940 g/mol. The summed E-state index contributed by atoms with van der Waals surface area (Å²) in [5.74, 6) is -2.15. The lowest BCUT2D eigenvalue weighted by Crippen LogP contribution is -2.42. The van der Waals surface area contributed by atoms with Gasteiger partial charge < -0.3 is 18.9 Å². The Morgan fingerprint density at radius 3 is 1.85 bits per heavy atom. The van der Waals surface area contributed by atoms with Crippen LogP contribution in [0.4, 0.5) is 0 Å². The summed E-state index contributed by atoms with van der Waals surface area (Å²) in [6.07, 6.45) is -5.49. The maximum absolute atomic E-state index is 14.3. The zero-order chi connectivity index (χ0) is 45.9. The number of rotatable bonds is 11. The normalized spacial score (nSPS) is 16.7. The number of fused-ring (bicyclic) bond motifs is 1. The van der Waals surface area contributed by atoms with Gasteiger partial charge in [0.2, 0.25) is 0 Å². The Bertz CT molecular complexity index is 3230. The number of aromatic nitrogens is 3. The fourth-order valence-corrected chi connectivity index (χ4v) is 8.72. The van der Waals surface area contributed by atoms with Crippen LogP contribution in [0.2, 0.25) is 5.02 Å². The first-order valence-electron chi connectivity index (χ1n) is 20.8. The van der Waals surface area contributed by atoms with Crippen molar-refractivity contribution in [2.45, 2.75) is 31.5 Å². The highest BCUT2D eigenvalue weighted by atomic mass is 79.9. The second-order valence-corrected chi connectivity index (χ2v) is 17.1. The molecular formula is C52H38BrClN4O7S. The minimum absolute atomic E-state index is 0.0175. The maximum atomic E-state index is 14.3. The molecule has 0 aliphatic carbocycles. The lowest BCUT2D eigenvalue weighted by Gasteiger charge is -2.27. The van der Waals surface area contributed by atoms with E-state index in [4.69, 9.17) is 47.8 Å². The van der Waals surface area contributed by atoms with Crippen molar-refractivity contribution >= 4 is 68.7 Å². The van der Waals surface area contributed by atoms with Crippen LogP contribution >= 0.6 is 39.7 Å². The van der Waals surface area contributed by atoms with Gasteiger partial charge in [0.15, 0.2) is 23.2 Å². The molecule has 6 aromatic carbocycles. The Morgan fingerprint density at radius 1 is 0.712 bits per heavy atom. The molecule has 9 rings (SSSR count). The van der Waals surface area contributed by atoms with Crippen molar-refractivity contribution in [2.75, 3.05) is 6.61 Å². The first-order chi connectivity index (χ1) is 32.0. The van der Waals surface area contributed by atoms with Gasteiger partial charge in [-0.05, 0) is 91.9 Å². The monoisotopic (exact) mass is 976 g/mol. The largest absolute Gasteiger partial charge is 0.459 e. The van der Waals surface area contributed by atoms with E-state index in [2.05, 4.69) is 15.9 Å². The Labute approximate surface area is 397 Å². The van der Waals surface area contributed by atoms with Crippen LogP contribution in [-0.2, 0) is 18.9 Å². The van der Waals surface area contributed by atoms with E-state index in [1.807, 2.05) is 79.7 Å². The molecule has 14 heteroatoms. The number of pyridine rings is 1. The van der Waals surface area contributed by atoms with Gasteiger partial charge >= 0.3 is 17.9 Å². The summed E-state index contributed by atoms with van der Waals surface area (Å²) in [4.78, 5) is 47.1. The summed E-state index contributed by atoms with van der Waals surface area (Å²) in [5, 5.41) is 10.7. The number of hydrogen-bond donors (Lipinski definition) is 1. The molecule has 8 aromatic rings. The van der Waals surface area contributed by atoms with Crippen LogP contribution in [0.15, 0.2) is 174 Å². The fourth-order valence-electron chi connectivity index (χ4n) is 7.83. The van der Waals surface area contributed by atoms with Crippen molar-refractivity contribution in [3.63, 3.8) is 0 Å². The second-order valence-electron chi connectivity index (χ2n) is 15.4. The highest BCUT2D eigenvalue weighted by molar-refractivity contribution is 9.10. The predicted octanol–water partition coefficient (Wildman–Crippen LogP) is 11.3. The molecule has 0 amide bonds. The molecule has 2 aromatic heterocycles. The van der Waals surface area contributed by atoms with Crippen LogP contribution in [0.1, 0.15) is 42.9 Å². The SMILES string of the molecule is Cc1ccc(-n2c(=N)c3c(-c4ccccc4Cl)cc(-c4ccc(Br)cc4)nc3n([C@@H]3O[C@H](COC(=O)c4ccccc4)[C@@H](OC(=O)c4ccccc4)[C@H]3OC(=O)c3ccccc3)c2=S)cc1. The van der Waals surface area contributed by atoms with Gasteiger partial charge in [0.25, 0.3) is 0 Å². The van der Waals surface area contributed by atoms with Crippen LogP contribution in [0, 0.1) is 17.1 Å². The van der Waals surface area contributed by atoms with Crippen molar-refractivity contribution < 1.29 is 33.3 Å². The molecule has 0 unspecified atom stereocenters. The molecule has 328 valence electrons. The molecule has 1 fully saturated rings. The van der Waals surface area contributed by atoms with Crippen LogP contribution in [-0.4, -0.2) is 56.9 Å². The third-order valence-corrected chi connectivity index (χ3v) is 12.4. The molecule has 3 heterocycles. The van der Waals surface area contributed by atoms with Crippen LogP contribution in [0.3, 0.4) is 0 Å². The maximum Gasteiger partial charge on any atom is 0.338 e. The van der Waals surface area contributed by atoms with Crippen molar-refractivity contribution in [1.29, 1.82) is 5.41 Å². The molecule has 1 saturated heterocycles. The number of hydrogen-bond acceptors (Lipinski definition) is 10. The summed E-state index contributed by atoms with van der Waals surface area (Å²) in [5.41, 5.74) is 4.78. The van der Waals surface area contributed by atoms with Gasteiger partial charge in [-0.2, -0.15) is 0 Å². The van der Waals surface area contributed by atoms with E-state index in [-0.39, 0.29) is 32.6 Å². The molecule has 11 nitrogen and oxygen atoms in total. The lowest BCUT2D eigenvalue weighted by molar-refractivity contribution is -0.0617. The van der Waals surface area contributed by atoms with Gasteiger partial charge in [-0.15, -0.1) is 0 Å². The van der Waals surface area contributed by atoms with Gasteiger partial charge in [-0.25, -0.2) is 19.4 Å². The fraction of sp³-hybridized carbons (Fsp3) is 0.115. The van der Waals surface area contributed by atoms with Gasteiger partial charge in [-0.3, -0.25) is 14.5 Å². The number of carbonyl (C=O) groups is 3. The standard InChI is InChI=1S/C52H38BrClN4O7S/c1-31-21-27-37(28-22-31)57-46(55)43-39(38-19-11-12-20-40(38)54)29-41(32-23-25-36(53)26-24-32)56-47(43)58(52(57)66)48-45(65-51(61)35-17-9-4-10-18-35)44(64-50(60)34-15-7-3-8-16-34)42(63-48)30-62-49(59)33-13-5-2-6-14-33/h2-29,42,44-45,48,55H,30H2,1H3/t42-,44-,45-,48-/m1/s1. The Hall–Kier alpha value is -7.03. The highest BCUT2D eigenvalue weighted by Crippen LogP contribution is 2.40. The van der Waals surface area contributed by atoms with Crippen molar-refractivity contribution in [1.82, 2.24) is 14.1 Å². The molecule has 1 aliphatic heterocycles. The number of nitrogens with zero attached hydrogens (tertiary/aromatic N) is 3. The molecule has 0 radical (unpaired) electrons. The zero-order valence-corrected chi connectivity index (χ0v) is 38.2. The lowest BCUT2D eigenvalue weighted by atomic mass is 9.99. The first-order valence-corrected chi connectivity index (χ1v) is 22.4. The van der Waals surface area contributed by atoms with E-state index in [9.17, 15) is 19.8 Å². The van der Waals surface area contributed by atoms with Crippen molar-refractivity contribution in [2.24, 2.45) is 0 Å². The van der Waals surface area contributed by atoms with Gasteiger partial charge in [0.1, 0.15) is 23.8 Å². The van der Waals surface area contributed by atoms with Crippen molar-refractivity contribution in [3.05, 3.63) is 212 Å². The molecule has 1 N–H and O–H groups in total. The van der Waals surface area contributed by atoms with E-state index in [1.165, 1.54) is 0 Å². The van der Waals surface area contributed by atoms with Crippen molar-refractivity contribution in [3.8, 4) is 28.1 Å². The van der Waals surface area contributed by atoms with E-state index >= 15 is 0 Å². The minimum Gasteiger partial charge on any atom is -0.459 e. The van der Waals surface area contributed by atoms with E-state index < -0.39 is 49.1 Å². The smallest absolute Gasteiger partial charge is 0.338 e. The quantitative estimate of drug-likeness (QED) is 0.0763. The summed E-state index contributed by atoms with van der Waals surface area (Å²) in [6.45, 7) is 1.52. The topological polar surface area (TPSA) is 135 Å². The average molecular weight is 978 g/mol. The van der Waals surface area contributed by atoms with E-state index in [0.29, 0.717) is 32.9 Å². The third-order valence-electron chi connectivity index (χ3n) is 11.1. The summed E-state index contributed by atoms with van der Waals surface area (Å²) < 4.78 is 29.6. The second kappa shape index (κ2) is 19.2. The Balaban J connectivity index is 1.32.